The topological polar surface area (TPSA) is 35.5 Å². The molecule has 1 saturated heterocycles. The second-order valence-corrected chi connectivity index (χ2v) is 4.09. The maximum Gasteiger partial charge on any atom is 0.0558 e. The smallest absolute Gasteiger partial charge is 0.0558 e. The first kappa shape index (κ1) is 12.0. The summed E-state index contributed by atoms with van der Waals surface area (Å²) in [6.07, 6.45) is 4.98. The molecular formula is C11H24N2O. The van der Waals surface area contributed by atoms with Gasteiger partial charge in [0.05, 0.1) is 6.61 Å². The number of nitrogens with one attached hydrogen (secondary N) is 1. The molecule has 1 aliphatic rings. The molecule has 2 N–H and O–H groups in total. The fourth-order valence-corrected chi connectivity index (χ4v) is 2.26. The highest BCUT2D eigenvalue weighted by molar-refractivity contribution is 4.75. The highest BCUT2D eigenvalue weighted by atomic mass is 16.3. The molecule has 3 heteroatoms. The molecule has 1 aliphatic heterocycles. The number of aliphatic hydroxyl groups is 1. The summed E-state index contributed by atoms with van der Waals surface area (Å²) in [5.74, 6) is 0. The van der Waals surface area contributed by atoms with Crippen LogP contribution in [0.25, 0.3) is 0 Å². The van der Waals surface area contributed by atoms with Gasteiger partial charge < -0.3 is 10.4 Å². The van der Waals surface area contributed by atoms with Crippen molar-refractivity contribution >= 4 is 0 Å². The van der Waals surface area contributed by atoms with Crippen LogP contribution >= 0.6 is 0 Å². The Kier molecular flexibility index (Phi) is 6.15. The van der Waals surface area contributed by atoms with Crippen molar-refractivity contribution in [2.75, 3.05) is 32.8 Å². The van der Waals surface area contributed by atoms with E-state index in [4.69, 9.17) is 5.11 Å². The van der Waals surface area contributed by atoms with Crippen LogP contribution in [0.2, 0.25) is 0 Å². The number of aliphatic hydroxyl groups excluding tert-OH is 1. The lowest BCUT2D eigenvalue weighted by molar-refractivity contribution is 0.141. The second kappa shape index (κ2) is 7.21. The molecule has 1 heterocycles. The average molecular weight is 200 g/mol. The third-order valence-corrected chi connectivity index (χ3v) is 2.96. The molecule has 0 bridgehead atoms. The lowest BCUT2D eigenvalue weighted by Crippen LogP contribution is -2.38. The summed E-state index contributed by atoms with van der Waals surface area (Å²) in [4.78, 5) is 2.45. The molecule has 14 heavy (non-hydrogen) atoms. The normalized spacial score (nSPS) is 23.8. The van der Waals surface area contributed by atoms with Gasteiger partial charge >= 0.3 is 0 Å². The van der Waals surface area contributed by atoms with E-state index < -0.39 is 0 Å². The van der Waals surface area contributed by atoms with Gasteiger partial charge in [-0.25, -0.2) is 0 Å². The molecule has 0 aromatic heterocycles. The van der Waals surface area contributed by atoms with Gasteiger partial charge in [-0.3, -0.25) is 4.90 Å². The zero-order valence-electron chi connectivity index (χ0n) is 9.34. The van der Waals surface area contributed by atoms with Gasteiger partial charge in [-0.05, 0) is 45.3 Å². The van der Waals surface area contributed by atoms with Crippen LogP contribution in [0.4, 0.5) is 0 Å². The summed E-state index contributed by atoms with van der Waals surface area (Å²) in [7, 11) is 0. The van der Waals surface area contributed by atoms with Crippen molar-refractivity contribution in [3.05, 3.63) is 0 Å². The van der Waals surface area contributed by atoms with Crippen molar-refractivity contribution in [1.29, 1.82) is 0 Å². The first-order valence-electron chi connectivity index (χ1n) is 5.94. The molecule has 0 amide bonds. The first-order chi connectivity index (χ1) is 6.88. The van der Waals surface area contributed by atoms with E-state index in [0.717, 1.165) is 26.2 Å². The molecule has 0 saturated carbocycles. The SMILES string of the molecule is CCCN(CCO)C1CCCNCC1. The summed E-state index contributed by atoms with van der Waals surface area (Å²) in [5.41, 5.74) is 0. The molecule has 1 rings (SSSR count). The van der Waals surface area contributed by atoms with Crippen LogP contribution in [0.15, 0.2) is 0 Å². The molecule has 3 nitrogen and oxygen atoms in total. The van der Waals surface area contributed by atoms with Gasteiger partial charge in [0.2, 0.25) is 0 Å². The maximum absolute atomic E-state index is 9.01. The van der Waals surface area contributed by atoms with E-state index in [9.17, 15) is 0 Å². The fraction of sp³-hybridized carbons (Fsp3) is 1.00. The Morgan fingerprint density at radius 1 is 1.29 bits per heavy atom. The first-order valence-corrected chi connectivity index (χ1v) is 5.94. The predicted octanol–water partition coefficient (Wildman–Crippen LogP) is 0.833. The minimum Gasteiger partial charge on any atom is -0.395 e. The monoisotopic (exact) mass is 200 g/mol. The predicted molar refractivity (Wildman–Crippen MR) is 59.5 cm³/mol. The van der Waals surface area contributed by atoms with Crippen molar-refractivity contribution in [1.82, 2.24) is 10.2 Å². The maximum atomic E-state index is 9.01. The van der Waals surface area contributed by atoms with Gasteiger partial charge in [0.15, 0.2) is 0 Å². The number of nitrogens with zero attached hydrogens (tertiary/aromatic N) is 1. The van der Waals surface area contributed by atoms with E-state index in [1.54, 1.807) is 0 Å². The highest BCUT2D eigenvalue weighted by Crippen LogP contribution is 2.13. The highest BCUT2D eigenvalue weighted by Gasteiger charge is 2.18. The third kappa shape index (κ3) is 3.95. The van der Waals surface area contributed by atoms with Crippen molar-refractivity contribution in [2.45, 2.75) is 38.6 Å². The van der Waals surface area contributed by atoms with Gasteiger partial charge in [0.1, 0.15) is 0 Å². The molecule has 1 atom stereocenters. The van der Waals surface area contributed by atoms with E-state index in [1.807, 2.05) is 0 Å². The zero-order valence-corrected chi connectivity index (χ0v) is 9.34. The average Bonchev–Trinajstić information content (AvgIpc) is 2.45. The van der Waals surface area contributed by atoms with Crippen molar-refractivity contribution in [3.8, 4) is 0 Å². The van der Waals surface area contributed by atoms with Crippen LogP contribution in [-0.2, 0) is 0 Å². The fourth-order valence-electron chi connectivity index (χ4n) is 2.26. The Morgan fingerprint density at radius 2 is 2.14 bits per heavy atom. The van der Waals surface area contributed by atoms with Crippen LogP contribution in [0.1, 0.15) is 32.6 Å². The largest absolute Gasteiger partial charge is 0.395 e. The Bertz CT molecular complexity index is 127. The van der Waals surface area contributed by atoms with E-state index in [-0.39, 0.29) is 0 Å². The summed E-state index contributed by atoms with van der Waals surface area (Å²) < 4.78 is 0. The van der Waals surface area contributed by atoms with Crippen LogP contribution in [-0.4, -0.2) is 48.8 Å². The molecule has 1 fully saturated rings. The quantitative estimate of drug-likeness (QED) is 0.690. The summed E-state index contributed by atoms with van der Waals surface area (Å²) >= 11 is 0. The van der Waals surface area contributed by atoms with E-state index in [2.05, 4.69) is 17.1 Å². The molecule has 0 aromatic carbocycles. The van der Waals surface area contributed by atoms with Crippen molar-refractivity contribution < 1.29 is 5.11 Å². The van der Waals surface area contributed by atoms with Crippen LogP contribution in [0.3, 0.4) is 0 Å². The molecule has 0 radical (unpaired) electrons. The Labute approximate surface area is 87.5 Å². The number of hydrogen-bond acceptors (Lipinski definition) is 3. The third-order valence-electron chi connectivity index (χ3n) is 2.96. The molecule has 0 spiro atoms. The summed E-state index contributed by atoms with van der Waals surface area (Å²) in [6.45, 7) is 6.78. The van der Waals surface area contributed by atoms with Gasteiger partial charge in [-0.2, -0.15) is 0 Å². The molecule has 0 aliphatic carbocycles. The van der Waals surface area contributed by atoms with Crippen LogP contribution in [0, 0.1) is 0 Å². The molecule has 0 aromatic rings. The minimum absolute atomic E-state index is 0.296. The number of hydrogen-bond donors (Lipinski definition) is 2. The van der Waals surface area contributed by atoms with Crippen LogP contribution < -0.4 is 5.32 Å². The molecular weight excluding hydrogens is 176 g/mol. The van der Waals surface area contributed by atoms with Gasteiger partial charge in [0.25, 0.3) is 0 Å². The van der Waals surface area contributed by atoms with Gasteiger partial charge in [-0.15, -0.1) is 0 Å². The summed E-state index contributed by atoms with van der Waals surface area (Å²) in [5, 5.41) is 12.4. The number of rotatable bonds is 5. The van der Waals surface area contributed by atoms with E-state index in [0.29, 0.717) is 12.6 Å². The minimum atomic E-state index is 0.296. The Hall–Kier alpha value is -0.120. The van der Waals surface area contributed by atoms with E-state index >= 15 is 0 Å². The molecule has 1 unspecified atom stereocenters. The van der Waals surface area contributed by atoms with Crippen molar-refractivity contribution in [2.24, 2.45) is 0 Å². The van der Waals surface area contributed by atoms with Gasteiger partial charge in [0, 0.05) is 12.6 Å². The Morgan fingerprint density at radius 3 is 2.86 bits per heavy atom. The Balaban J connectivity index is 2.38. The molecule has 84 valence electrons. The van der Waals surface area contributed by atoms with Crippen molar-refractivity contribution in [3.63, 3.8) is 0 Å². The van der Waals surface area contributed by atoms with Crippen LogP contribution in [0.5, 0.6) is 0 Å². The zero-order chi connectivity index (χ0) is 10.2. The van der Waals surface area contributed by atoms with E-state index in [1.165, 1.54) is 25.7 Å². The lowest BCUT2D eigenvalue weighted by Gasteiger charge is -2.29. The second-order valence-electron chi connectivity index (χ2n) is 4.09. The van der Waals surface area contributed by atoms with Gasteiger partial charge in [-0.1, -0.05) is 6.92 Å². The standard InChI is InChI=1S/C11H24N2O/c1-2-8-13(9-10-14)11-4-3-6-12-7-5-11/h11-12,14H,2-10H2,1H3. The lowest BCUT2D eigenvalue weighted by atomic mass is 10.1. The summed E-state index contributed by atoms with van der Waals surface area (Å²) in [6, 6.07) is 0.692.